The molecule has 0 saturated heterocycles. The van der Waals surface area contributed by atoms with Crippen LogP contribution in [0.4, 0.5) is 9.18 Å². The van der Waals surface area contributed by atoms with E-state index in [1.165, 1.54) is 12.1 Å². The summed E-state index contributed by atoms with van der Waals surface area (Å²) >= 11 is 7.29. The number of nitrogens with one attached hydrogen (secondary N) is 2. The van der Waals surface area contributed by atoms with E-state index in [9.17, 15) is 14.0 Å². The number of thioether (sulfide) groups is 1. The quantitative estimate of drug-likeness (QED) is 0.708. The molecule has 2 atom stereocenters. The molecule has 122 valence electrons. The normalized spacial score (nSPS) is 13.3. The topological polar surface area (TPSA) is 84.2 Å². The molecule has 8 heteroatoms. The molecule has 5 nitrogen and oxygen atoms in total. The summed E-state index contributed by atoms with van der Waals surface area (Å²) in [4.78, 5) is 23.2. The third-order valence-electron chi connectivity index (χ3n) is 3.05. The van der Waals surface area contributed by atoms with E-state index in [1.807, 2.05) is 6.26 Å². The fraction of sp³-hybridized carbons (Fsp3) is 0.429. The Hall–Kier alpha value is -1.47. The van der Waals surface area contributed by atoms with Gasteiger partial charge in [-0.1, -0.05) is 17.7 Å². The Morgan fingerprint density at radius 1 is 1.41 bits per heavy atom. The van der Waals surface area contributed by atoms with Gasteiger partial charge < -0.3 is 16.4 Å². The number of carbonyl (C=O) groups excluding carboxylic acids is 2. The van der Waals surface area contributed by atoms with Crippen molar-refractivity contribution in [3.8, 4) is 0 Å². The van der Waals surface area contributed by atoms with E-state index in [2.05, 4.69) is 10.6 Å². The minimum atomic E-state index is -0.751. The second kappa shape index (κ2) is 8.85. The van der Waals surface area contributed by atoms with Crippen LogP contribution in [0.5, 0.6) is 0 Å². The highest BCUT2D eigenvalue weighted by molar-refractivity contribution is 7.98. The van der Waals surface area contributed by atoms with Crippen molar-refractivity contribution >= 4 is 35.3 Å². The van der Waals surface area contributed by atoms with Gasteiger partial charge >= 0.3 is 6.03 Å². The molecule has 0 aliphatic rings. The second-order valence-corrected chi connectivity index (χ2v) is 6.14. The summed E-state index contributed by atoms with van der Waals surface area (Å²) in [5, 5.41) is 5.17. The minimum Gasteiger partial charge on any atom is -0.352 e. The van der Waals surface area contributed by atoms with Gasteiger partial charge in [-0.05, 0) is 43.0 Å². The van der Waals surface area contributed by atoms with Crippen LogP contribution in [0.2, 0.25) is 5.02 Å². The van der Waals surface area contributed by atoms with E-state index >= 15 is 0 Å². The number of primary amides is 1. The zero-order valence-corrected chi connectivity index (χ0v) is 13.9. The number of carbonyl (C=O) groups is 2. The van der Waals surface area contributed by atoms with Crippen LogP contribution in [0, 0.1) is 5.82 Å². The molecule has 1 aromatic carbocycles. The molecule has 0 fully saturated rings. The summed E-state index contributed by atoms with van der Waals surface area (Å²) in [6.07, 6.45) is 2.37. The lowest BCUT2D eigenvalue weighted by Gasteiger charge is -2.21. The van der Waals surface area contributed by atoms with Crippen molar-refractivity contribution < 1.29 is 14.0 Å². The smallest absolute Gasteiger partial charge is 0.312 e. The fourth-order valence-corrected chi connectivity index (χ4v) is 2.52. The predicted molar refractivity (Wildman–Crippen MR) is 87.5 cm³/mol. The van der Waals surface area contributed by atoms with Gasteiger partial charge in [-0.3, -0.25) is 4.79 Å². The van der Waals surface area contributed by atoms with Crippen LogP contribution in [-0.2, 0) is 4.79 Å². The maximum Gasteiger partial charge on any atom is 0.312 e. The Kier molecular flexibility index (Phi) is 7.47. The highest BCUT2D eigenvalue weighted by Crippen LogP contribution is 2.20. The molecular weight excluding hydrogens is 329 g/mol. The second-order valence-electron chi connectivity index (χ2n) is 4.75. The number of urea groups is 1. The number of hydrogen-bond donors (Lipinski definition) is 3. The maximum absolute atomic E-state index is 13.2. The summed E-state index contributed by atoms with van der Waals surface area (Å²) in [5.74, 6) is -0.159. The molecule has 0 unspecified atom stereocenters. The van der Waals surface area contributed by atoms with Crippen LogP contribution >= 0.6 is 23.4 Å². The van der Waals surface area contributed by atoms with Crippen molar-refractivity contribution in [2.24, 2.45) is 5.73 Å². The largest absolute Gasteiger partial charge is 0.352 e. The molecule has 0 aliphatic carbocycles. The molecule has 3 amide bonds. The Labute approximate surface area is 138 Å². The van der Waals surface area contributed by atoms with E-state index < -0.39 is 17.9 Å². The average molecular weight is 348 g/mol. The van der Waals surface area contributed by atoms with E-state index in [4.69, 9.17) is 17.3 Å². The number of amides is 3. The van der Waals surface area contributed by atoms with Crippen molar-refractivity contribution in [2.45, 2.75) is 25.4 Å². The van der Waals surface area contributed by atoms with Gasteiger partial charge in [0.05, 0.1) is 11.1 Å². The van der Waals surface area contributed by atoms with Crippen molar-refractivity contribution in [2.75, 3.05) is 12.0 Å². The number of halogens is 2. The van der Waals surface area contributed by atoms with Gasteiger partial charge in [-0.15, -0.1) is 0 Å². The summed E-state index contributed by atoms with van der Waals surface area (Å²) in [5.41, 5.74) is 5.75. The van der Waals surface area contributed by atoms with Crippen LogP contribution in [-0.4, -0.2) is 30.0 Å². The summed E-state index contributed by atoms with van der Waals surface area (Å²) in [6, 6.07) is 2.41. The lowest BCUT2D eigenvalue weighted by Crippen LogP contribution is -2.49. The first-order chi connectivity index (χ1) is 10.3. The van der Waals surface area contributed by atoms with Crippen molar-refractivity contribution in [1.82, 2.24) is 10.6 Å². The lowest BCUT2D eigenvalue weighted by atomic mass is 10.1. The summed E-state index contributed by atoms with van der Waals surface area (Å²) in [7, 11) is 0. The molecule has 1 aromatic rings. The zero-order valence-electron chi connectivity index (χ0n) is 12.4. The van der Waals surface area contributed by atoms with E-state index in [0.29, 0.717) is 17.7 Å². The monoisotopic (exact) mass is 347 g/mol. The average Bonchev–Trinajstić information content (AvgIpc) is 2.45. The van der Waals surface area contributed by atoms with Crippen molar-refractivity contribution in [1.29, 1.82) is 0 Å². The molecule has 0 aliphatic heterocycles. The van der Waals surface area contributed by atoms with E-state index in [0.717, 1.165) is 0 Å². The van der Waals surface area contributed by atoms with Gasteiger partial charge in [-0.25, -0.2) is 9.18 Å². The first-order valence-electron chi connectivity index (χ1n) is 6.65. The number of benzene rings is 1. The molecule has 0 radical (unpaired) electrons. The first-order valence-corrected chi connectivity index (χ1v) is 8.42. The van der Waals surface area contributed by atoms with Crippen LogP contribution in [0.3, 0.4) is 0 Å². The Bertz CT molecular complexity index is 545. The molecule has 0 aromatic heterocycles. The van der Waals surface area contributed by atoms with Gasteiger partial charge in [-0.2, -0.15) is 11.8 Å². The first kappa shape index (κ1) is 18.6. The highest BCUT2D eigenvalue weighted by Gasteiger charge is 2.21. The number of rotatable bonds is 7. The number of nitrogens with two attached hydrogens (primary N) is 1. The molecule has 0 bridgehead atoms. The molecular formula is C14H19ClFN3O2S. The Morgan fingerprint density at radius 2 is 2.09 bits per heavy atom. The van der Waals surface area contributed by atoms with Gasteiger partial charge in [0.25, 0.3) is 0 Å². The molecule has 0 spiro atoms. The van der Waals surface area contributed by atoms with Crippen molar-refractivity contribution in [3.05, 3.63) is 34.6 Å². The van der Waals surface area contributed by atoms with Crippen molar-refractivity contribution in [3.63, 3.8) is 0 Å². The molecule has 1 rings (SSSR count). The molecule has 4 N–H and O–H groups in total. The summed E-state index contributed by atoms with van der Waals surface area (Å²) in [6.45, 7) is 1.75. The van der Waals surface area contributed by atoms with Gasteiger partial charge in [0, 0.05) is 0 Å². The molecule has 22 heavy (non-hydrogen) atoms. The number of hydrogen-bond acceptors (Lipinski definition) is 3. The third kappa shape index (κ3) is 5.73. The van der Waals surface area contributed by atoms with Crippen LogP contribution in [0.15, 0.2) is 18.2 Å². The zero-order chi connectivity index (χ0) is 16.7. The van der Waals surface area contributed by atoms with Crippen LogP contribution < -0.4 is 16.4 Å². The fourth-order valence-electron chi connectivity index (χ4n) is 1.86. The summed E-state index contributed by atoms with van der Waals surface area (Å²) < 4.78 is 13.2. The Balaban J connectivity index is 2.73. The van der Waals surface area contributed by atoms with Gasteiger partial charge in [0.2, 0.25) is 5.91 Å². The predicted octanol–water partition coefficient (Wildman–Crippen LogP) is 2.45. The maximum atomic E-state index is 13.2. The van der Waals surface area contributed by atoms with Crippen LogP contribution in [0.25, 0.3) is 0 Å². The molecule has 0 heterocycles. The minimum absolute atomic E-state index is 0.00667. The molecule has 0 saturated carbocycles. The van der Waals surface area contributed by atoms with Gasteiger partial charge in [0.15, 0.2) is 0 Å². The van der Waals surface area contributed by atoms with E-state index in [1.54, 1.807) is 24.8 Å². The van der Waals surface area contributed by atoms with Gasteiger partial charge in [0.1, 0.15) is 11.9 Å². The Morgan fingerprint density at radius 3 is 2.64 bits per heavy atom. The lowest BCUT2D eigenvalue weighted by molar-refractivity contribution is -0.123. The van der Waals surface area contributed by atoms with E-state index in [-0.39, 0.29) is 17.0 Å². The standard InChI is InChI=1S/C14H19ClFN3O2S/c1-8(9-3-4-11(16)10(15)7-9)18-13(20)12(5-6-22-2)19-14(17)21/h3-4,7-8,12H,5-6H2,1-2H3,(H,18,20)(H3,17,19,21)/t8-,12+/m1/s1. The third-order valence-corrected chi connectivity index (χ3v) is 3.98. The highest BCUT2D eigenvalue weighted by atomic mass is 35.5. The van der Waals surface area contributed by atoms with Crippen LogP contribution in [0.1, 0.15) is 24.9 Å². The SMILES string of the molecule is CSCC[C@H](NC(N)=O)C(=O)N[C@H](C)c1ccc(F)c(Cl)c1.